The summed E-state index contributed by atoms with van der Waals surface area (Å²) in [6.45, 7) is 3.96. The van der Waals surface area contributed by atoms with Gasteiger partial charge in [0.1, 0.15) is 6.10 Å². The summed E-state index contributed by atoms with van der Waals surface area (Å²) in [6.07, 6.45) is 5.09. The normalized spacial score (nSPS) is 23.7. The van der Waals surface area contributed by atoms with Crippen LogP contribution in [0, 0.1) is 6.92 Å². The summed E-state index contributed by atoms with van der Waals surface area (Å²) < 4.78 is 5.61. The van der Waals surface area contributed by atoms with Gasteiger partial charge in [-0.05, 0) is 31.7 Å². The summed E-state index contributed by atoms with van der Waals surface area (Å²) >= 11 is 0. The van der Waals surface area contributed by atoms with Crippen LogP contribution in [-0.2, 0) is 9.53 Å². The fourth-order valence-corrected chi connectivity index (χ4v) is 2.77. The molecule has 2 atom stereocenters. The first-order valence-corrected chi connectivity index (χ1v) is 6.96. The zero-order valence-electron chi connectivity index (χ0n) is 11.3. The molecule has 0 aliphatic heterocycles. The van der Waals surface area contributed by atoms with Crippen LogP contribution >= 0.6 is 0 Å². The van der Waals surface area contributed by atoms with Crippen LogP contribution in [0.4, 0.5) is 0 Å². The zero-order chi connectivity index (χ0) is 13.0. The molecule has 1 aromatic carbocycles. The highest BCUT2D eigenvalue weighted by atomic mass is 16.5. The van der Waals surface area contributed by atoms with E-state index in [0.29, 0.717) is 12.3 Å². The Labute approximate surface area is 109 Å². The average molecular weight is 246 g/mol. The first kappa shape index (κ1) is 13.1. The van der Waals surface area contributed by atoms with Crippen molar-refractivity contribution in [3.05, 3.63) is 35.4 Å². The Morgan fingerprint density at radius 3 is 2.83 bits per heavy atom. The fraction of sp³-hybridized carbons (Fsp3) is 0.562. The Hall–Kier alpha value is -1.31. The van der Waals surface area contributed by atoms with Crippen molar-refractivity contribution in [2.75, 3.05) is 0 Å². The predicted molar refractivity (Wildman–Crippen MR) is 72.6 cm³/mol. The molecule has 0 bridgehead atoms. The number of carbonyl (C=O) groups excluding carboxylic acids is 1. The molecule has 1 aliphatic rings. The van der Waals surface area contributed by atoms with E-state index < -0.39 is 0 Å². The van der Waals surface area contributed by atoms with Gasteiger partial charge in [0.05, 0.1) is 0 Å². The third-order valence-electron chi connectivity index (χ3n) is 3.74. The van der Waals surface area contributed by atoms with Crippen molar-refractivity contribution >= 4 is 5.97 Å². The van der Waals surface area contributed by atoms with Gasteiger partial charge in [0.2, 0.25) is 0 Å². The second-order valence-electron chi connectivity index (χ2n) is 5.19. The third-order valence-corrected chi connectivity index (χ3v) is 3.74. The van der Waals surface area contributed by atoms with E-state index >= 15 is 0 Å². The van der Waals surface area contributed by atoms with E-state index in [4.69, 9.17) is 4.74 Å². The van der Waals surface area contributed by atoms with Crippen molar-refractivity contribution in [3.63, 3.8) is 0 Å². The molecule has 0 amide bonds. The van der Waals surface area contributed by atoms with Crippen LogP contribution < -0.4 is 0 Å². The second kappa shape index (κ2) is 6.03. The monoisotopic (exact) mass is 246 g/mol. The molecule has 1 aromatic rings. The first-order valence-electron chi connectivity index (χ1n) is 6.96. The highest BCUT2D eigenvalue weighted by Crippen LogP contribution is 2.35. The van der Waals surface area contributed by atoms with Crippen molar-refractivity contribution in [1.29, 1.82) is 0 Å². The Bertz CT molecular complexity index is 411. The molecule has 2 heteroatoms. The molecule has 0 saturated heterocycles. The molecular formula is C16H22O2. The lowest BCUT2D eigenvalue weighted by atomic mass is 9.81. The van der Waals surface area contributed by atoms with Crippen LogP contribution in [0.1, 0.15) is 56.1 Å². The van der Waals surface area contributed by atoms with Gasteiger partial charge in [-0.1, -0.05) is 43.2 Å². The lowest BCUT2D eigenvalue weighted by molar-refractivity contribution is -0.151. The minimum atomic E-state index is -0.0699. The molecule has 0 aromatic heterocycles. The zero-order valence-corrected chi connectivity index (χ0v) is 11.3. The number of hydrogen-bond acceptors (Lipinski definition) is 2. The van der Waals surface area contributed by atoms with E-state index in [2.05, 4.69) is 31.2 Å². The fourth-order valence-electron chi connectivity index (χ4n) is 2.77. The van der Waals surface area contributed by atoms with Crippen LogP contribution in [0.5, 0.6) is 0 Å². The molecule has 1 aliphatic carbocycles. The lowest BCUT2D eigenvalue weighted by Crippen LogP contribution is -2.28. The molecule has 2 rings (SSSR count). The number of rotatable bonds is 3. The van der Waals surface area contributed by atoms with Crippen molar-refractivity contribution < 1.29 is 9.53 Å². The van der Waals surface area contributed by atoms with Gasteiger partial charge in [0, 0.05) is 12.3 Å². The Kier molecular flexibility index (Phi) is 4.40. The van der Waals surface area contributed by atoms with E-state index in [0.717, 1.165) is 12.8 Å². The van der Waals surface area contributed by atoms with E-state index in [1.54, 1.807) is 0 Å². The van der Waals surface area contributed by atoms with Gasteiger partial charge in [-0.15, -0.1) is 0 Å². The summed E-state index contributed by atoms with van der Waals surface area (Å²) in [7, 11) is 0. The van der Waals surface area contributed by atoms with Gasteiger partial charge >= 0.3 is 5.97 Å². The molecule has 0 radical (unpaired) electrons. The molecule has 0 spiro atoms. The van der Waals surface area contributed by atoms with Crippen LogP contribution in [0.15, 0.2) is 24.3 Å². The summed E-state index contributed by atoms with van der Waals surface area (Å²) in [4.78, 5) is 11.5. The molecule has 1 fully saturated rings. The average Bonchev–Trinajstić information content (AvgIpc) is 2.39. The molecular weight excluding hydrogens is 224 g/mol. The first-order chi connectivity index (χ1) is 8.70. The van der Waals surface area contributed by atoms with Gasteiger partial charge in [-0.25, -0.2) is 0 Å². The maximum atomic E-state index is 11.5. The minimum Gasteiger partial charge on any atom is -0.462 e. The van der Waals surface area contributed by atoms with Crippen molar-refractivity contribution in [2.45, 2.75) is 58.0 Å². The topological polar surface area (TPSA) is 26.3 Å². The van der Waals surface area contributed by atoms with Gasteiger partial charge in [0.25, 0.3) is 0 Å². The number of benzene rings is 1. The third kappa shape index (κ3) is 3.12. The van der Waals surface area contributed by atoms with Gasteiger partial charge < -0.3 is 4.74 Å². The van der Waals surface area contributed by atoms with Gasteiger partial charge in [0.15, 0.2) is 0 Å². The summed E-state index contributed by atoms with van der Waals surface area (Å²) in [5.74, 6) is 0.314. The maximum Gasteiger partial charge on any atom is 0.305 e. The SMILES string of the molecule is CCC(=O)O[C@H]1CCCC[C@@H]1c1cccc(C)c1. The summed E-state index contributed by atoms with van der Waals surface area (Å²) in [5, 5.41) is 0. The number of ether oxygens (including phenoxy) is 1. The lowest BCUT2D eigenvalue weighted by Gasteiger charge is -2.31. The van der Waals surface area contributed by atoms with Gasteiger partial charge in [-0.3, -0.25) is 4.79 Å². The Morgan fingerprint density at radius 2 is 2.11 bits per heavy atom. The van der Waals surface area contributed by atoms with Gasteiger partial charge in [-0.2, -0.15) is 0 Å². The van der Waals surface area contributed by atoms with E-state index in [1.807, 2.05) is 6.92 Å². The Morgan fingerprint density at radius 1 is 1.33 bits per heavy atom. The molecule has 0 unspecified atom stereocenters. The molecule has 1 saturated carbocycles. The molecule has 98 valence electrons. The standard InChI is InChI=1S/C16H22O2/c1-3-16(17)18-15-10-5-4-9-14(15)13-8-6-7-12(2)11-13/h6-8,11,14-15H,3-5,9-10H2,1-2H3/t14-,15+/m1/s1. The molecule has 0 N–H and O–H groups in total. The number of aryl methyl sites for hydroxylation is 1. The number of esters is 1. The quantitative estimate of drug-likeness (QED) is 0.754. The van der Waals surface area contributed by atoms with Crippen LogP contribution in [0.3, 0.4) is 0 Å². The van der Waals surface area contributed by atoms with Crippen LogP contribution in [0.2, 0.25) is 0 Å². The molecule has 2 nitrogen and oxygen atoms in total. The number of carbonyl (C=O) groups is 1. The molecule has 0 heterocycles. The highest BCUT2D eigenvalue weighted by molar-refractivity contribution is 5.69. The summed E-state index contributed by atoms with van der Waals surface area (Å²) in [5.41, 5.74) is 2.60. The van der Waals surface area contributed by atoms with Crippen molar-refractivity contribution in [2.24, 2.45) is 0 Å². The largest absolute Gasteiger partial charge is 0.462 e. The van der Waals surface area contributed by atoms with Crippen molar-refractivity contribution in [3.8, 4) is 0 Å². The minimum absolute atomic E-state index is 0.0699. The smallest absolute Gasteiger partial charge is 0.305 e. The molecule has 18 heavy (non-hydrogen) atoms. The van der Waals surface area contributed by atoms with Crippen LogP contribution in [0.25, 0.3) is 0 Å². The van der Waals surface area contributed by atoms with Crippen molar-refractivity contribution in [1.82, 2.24) is 0 Å². The number of hydrogen-bond donors (Lipinski definition) is 0. The van der Waals surface area contributed by atoms with E-state index in [-0.39, 0.29) is 12.1 Å². The maximum absolute atomic E-state index is 11.5. The van der Waals surface area contributed by atoms with E-state index in [1.165, 1.54) is 24.0 Å². The van der Waals surface area contributed by atoms with Crippen LogP contribution in [-0.4, -0.2) is 12.1 Å². The Balaban J connectivity index is 2.14. The predicted octanol–water partition coefficient (Wildman–Crippen LogP) is 3.97. The second-order valence-corrected chi connectivity index (χ2v) is 5.19. The van der Waals surface area contributed by atoms with E-state index in [9.17, 15) is 4.79 Å². The highest BCUT2D eigenvalue weighted by Gasteiger charge is 2.29. The summed E-state index contributed by atoms with van der Waals surface area (Å²) in [6, 6.07) is 8.59.